The van der Waals surface area contributed by atoms with Gasteiger partial charge in [-0.2, -0.15) is 0 Å². The van der Waals surface area contributed by atoms with Crippen LogP contribution in [0.4, 0.5) is 0 Å². The number of hydrogen-bond donors (Lipinski definition) is 1. The zero-order chi connectivity index (χ0) is 15.1. The van der Waals surface area contributed by atoms with Crippen molar-refractivity contribution in [1.82, 2.24) is 5.32 Å². The number of hydrogen-bond acceptors (Lipinski definition) is 4. The fraction of sp³-hybridized carbons (Fsp3) is 0.562. The van der Waals surface area contributed by atoms with Crippen LogP contribution < -0.4 is 5.32 Å². The van der Waals surface area contributed by atoms with E-state index >= 15 is 0 Å². The third-order valence-corrected chi connectivity index (χ3v) is 4.20. The van der Waals surface area contributed by atoms with Crippen LogP contribution in [-0.2, 0) is 9.53 Å². The Balaban J connectivity index is 2.50. The largest absolute Gasteiger partial charge is 0.468 e. The molecule has 1 unspecified atom stereocenters. The molecule has 112 valence electrons. The predicted octanol–water partition coefficient (Wildman–Crippen LogP) is 3.33. The lowest BCUT2D eigenvalue weighted by atomic mass is 10.1. The third-order valence-electron chi connectivity index (χ3n) is 3.17. The predicted molar refractivity (Wildman–Crippen MR) is 85.3 cm³/mol. The summed E-state index contributed by atoms with van der Waals surface area (Å²) in [6.07, 6.45) is 0.766. The molecule has 1 aromatic rings. The number of methoxy groups -OCH3 is 1. The number of benzene rings is 1. The summed E-state index contributed by atoms with van der Waals surface area (Å²) in [5.74, 6) is 0.710. The van der Waals surface area contributed by atoms with Crippen molar-refractivity contribution in [2.24, 2.45) is 0 Å². The van der Waals surface area contributed by atoms with Crippen LogP contribution in [0.3, 0.4) is 0 Å². The standard InChI is InChI=1S/C16H25NO2S/c1-11(2)17-15(16(18)19-5)8-9-20-14-7-6-12(3)13(4)10-14/h6-7,10-11,15,17H,8-9H2,1-5H3. The summed E-state index contributed by atoms with van der Waals surface area (Å²) in [5, 5.41) is 3.25. The van der Waals surface area contributed by atoms with Crippen molar-refractivity contribution in [2.75, 3.05) is 12.9 Å². The van der Waals surface area contributed by atoms with E-state index in [9.17, 15) is 4.79 Å². The van der Waals surface area contributed by atoms with Gasteiger partial charge in [-0.1, -0.05) is 19.9 Å². The molecule has 0 radical (unpaired) electrons. The Morgan fingerprint density at radius 2 is 2.00 bits per heavy atom. The van der Waals surface area contributed by atoms with E-state index in [1.165, 1.54) is 23.1 Å². The Morgan fingerprint density at radius 3 is 2.55 bits per heavy atom. The molecule has 0 aliphatic heterocycles. The lowest BCUT2D eigenvalue weighted by Crippen LogP contribution is -2.41. The number of rotatable bonds is 7. The molecule has 4 heteroatoms. The lowest BCUT2D eigenvalue weighted by Gasteiger charge is -2.18. The maximum Gasteiger partial charge on any atom is 0.322 e. The molecule has 0 aliphatic rings. The minimum absolute atomic E-state index is 0.181. The van der Waals surface area contributed by atoms with E-state index in [2.05, 4.69) is 37.4 Å². The van der Waals surface area contributed by atoms with Gasteiger partial charge in [0.15, 0.2) is 0 Å². The molecule has 1 rings (SSSR count). The molecule has 0 saturated carbocycles. The zero-order valence-corrected chi connectivity index (χ0v) is 13.8. The number of carbonyl (C=O) groups excluding carboxylic acids is 1. The summed E-state index contributed by atoms with van der Waals surface area (Å²) in [6.45, 7) is 8.30. The van der Waals surface area contributed by atoms with E-state index in [0.717, 1.165) is 12.2 Å². The third kappa shape index (κ3) is 5.55. The maximum absolute atomic E-state index is 11.7. The van der Waals surface area contributed by atoms with Crippen LogP contribution in [0.15, 0.2) is 23.1 Å². The highest BCUT2D eigenvalue weighted by Gasteiger charge is 2.19. The van der Waals surface area contributed by atoms with Crippen molar-refractivity contribution in [3.63, 3.8) is 0 Å². The number of aryl methyl sites for hydroxylation is 2. The van der Waals surface area contributed by atoms with Crippen molar-refractivity contribution in [1.29, 1.82) is 0 Å². The minimum atomic E-state index is -0.223. The Kier molecular flexibility index (Phi) is 7.10. The van der Waals surface area contributed by atoms with E-state index in [-0.39, 0.29) is 18.1 Å². The normalized spacial score (nSPS) is 12.5. The fourth-order valence-corrected chi connectivity index (χ4v) is 2.93. The van der Waals surface area contributed by atoms with Gasteiger partial charge in [-0.3, -0.25) is 4.79 Å². The minimum Gasteiger partial charge on any atom is -0.468 e. The first-order valence-electron chi connectivity index (χ1n) is 6.98. The van der Waals surface area contributed by atoms with Crippen LogP contribution in [-0.4, -0.2) is 30.9 Å². The van der Waals surface area contributed by atoms with Gasteiger partial charge in [-0.05, 0) is 43.5 Å². The average Bonchev–Trinajstić information content (AvgIpc) is 2.40. The van der Waals surface area contributed by atoms with Gasteiger partial charge >= 0.3 is 5.97 Å². The SMILES string of the molecule is COC(=O)C(CCSc1ccc(C)c(C)c1)NC(C)C. The Hall–Kier alpha value is -1.00. The van der Waals surface area contributed by atoms with E-state index in [0.29, 0.717) is 0 Å². The second kappa shape index (κ2) is 8.32. The van der Waals surface area contributed by atoms with E-state index in [4.69, 9.17) is 4.74 Å². The first-order chi connectivity index (χ1) is 9.43. The van der Waals surface area contributed by atoms with Crippen molar-refractivity contribution in [3.05, 3.63) is 29.3 Å². The van der Waals surface area contributed by atoms with Crippen LogP contribution in [0.25, 0.3) is 0 Å². The van der Waals surface area contributed by atoms with Gasteiger partial charge in [0.2, 0.25) is 0 Å². The molecular weight excluding hydrogens is 270 g/mol. The fourth-order valence-electron chi connectivity index (χ4n) is 1.91. The second-order valence-corrected chi connectivity index (χ2v) is 6.45. The van der Waals surface area contributed by atoms with Crippen LogP contribution in [0, 0.1) is 13.8 Å². The Bertz CT molecular complexity index is 446. The molecule has 0 aromatic heterocycles. The van der Waals surface area contributed by atoms with E-state index < -0.39 is 0 Å². The monoisotopic (exact) mass is 295 g/mol. The van der Waals surface area contributed by atoms with Gasteiger partial charge in [-0.15, -0.1) is 11.8 Å². The molecule has 0 heterocycles. The summed E-state index contributed by atoms with van der Waals surface area (Å²) in [5.41, 5.74) is 2.61. The summed E-state index contributed by atoms with van der Waals surface area (Å²) >= 11 is 1.78. The van der Waals surface area contributed by atoms with E-state index in [1.54, 1.807) is 11.8 Å². The number of thioether (sulfide) groups is 1. The molecule has 1 aromatic carbocycles. The number of carbonyl (C=O) groups is 1. The smallest absolute Gasteiger partial charge is 0.322 e. The molecule has 0 bridgehead atoms. The number of nitrogens with one attached hydrogen (secondary N) is 1. The van der Waals surface area contributed by atoms with Crippen molar-refractivity contribution < 1.29 is 9.53 Å². The lowest BCUT2D eigenvalue weighted by molar-refractivity contribution is -0.143. The van der Waals surface area contributed by atoms with Gasteiger partial charge in [0.25, 0.3) is 0 Å². The Labute approximate surface area is 126 Å². The molecule has 0 aliphatic carbocycles. The highest BCUT2D eigenvalue weighted by atomic mass is 32.2. The summed E-state index contributed by atoms with van der Waals surface area (Å²) < 4.78 is 4.84. The summed E-state index contributed by atoms with van der Waals surface area (Å²) in [6, 6.07) is 6.52. The molecular formula is C16H25NO2S. The molecule has 1 atom stereocenters. The first kappa shape index (κ1) is 17.1. The first-order valence-corrected chi connectivity index (χ1v) is 7.96. The number of ether oxygens (including phenoxy) is 1. The van der Waals surface area contributed by atoms with Gasteiger partial charge in [0.05, 0.1) is 7.11 Å². The average molecular weight is 295 g/mol. The number of esters is 1. The van der Waals surface area contributed by atoms with Crippen molar-refractivity contribution >= 4 is 17.7 Å². The zero-order valence-electron chi connectivity index (χ0n) is 13.0. The second-order valence-electron chi connectivity index (χ2n) is 5.28. The highest BCUT2D eigenvalue weighted by Crippen LogP contribution is 2.22. The molecule has 0 amide bonds. The van der Waals surface area contributed by atoms with Crippen LogP contribution in [0.1, 0.15) is 31.4 Å². The Morgan fingerprint density at radius 1 is 1.30 bits per heavy atom. The molecule has 20 heavy (non-hydrogen) atoms. The van der Waals surface area contributed by atoms with Gasteiger partial charge in [0.1, 0.15) is 6.04 Å². The molecule has 3 nitrogen and oxygen atoms in total. The molecule has 0 spiro atoms. The quantitative estimate of drug-likeness (QED) is 0.618. The molecule has 0 fully saturated rings. The van der Waals surface area contributed by atoms with Crippen molar-refractivity contribution in [3.8, 4) is 0 Å². The maximum atomic E-state index is 11.7. The summed E-state index contributed by atoms with van der Waals surface area (Å²) in [4.78, 5) is 12.9. The van der Waals surface area contributed by atoms with Crippen LogP contribution in [0.5, 0.6) is 0 Å². The highest BCUT2D eigenvalue weighted by molar-refractivity contribution is 7.99. The topological polar surface area (TPSA) is 38.3 Å². The van der Waals surface area contributed by atoms with Crippen LogP contribution in [0.2, 0.25) is 0 Å². The van der Waals surface area contributed by atoms with Gasteiger partial charge < -0.3 is 10.1 Å². The summed E-state index contributed by atoms with van der Waals surface area (Å²) in [7, 11) is 1.44. The molecule has 1 N–H and O–H groups in total. The van der Waals surface area contributed by atoms with Crippen molar-refractivity contribution in [2.45, 2.75) is 51.1 Å². The van der Waals surface area contributed by atoms with Crippen LogP contribution >= 0.6 is 11.8 Å². The molecule has 0 saturated heterocycles. The van der Waals surface area contributed by atoms with Gasteiger partial charge in [0, 0.05) is 16.7 Å². The van der Waals surface area contributed by atoms with Gasteiger partial charge in [-0.25, -0.2) is 0 Å². The van der Waals surface area contributed by atoms with E-state index in [1.807, 2.05) is 13.8 Å².